The molecular formula is C14H21N. The first-order valence-corrected chi connectivity index (χ1v) is 6.08. The zero-order valence-corrected chi connectivity index (χ0v) is 9.79. The van der Waals surface area contributed by atoms with Gasteiger partial charge in [0.05, 0.1) is 0 Å². The summed E-state index contributed by atoms with van der Waals surface area (Å²) in [5.74, 6) is 1.43. The van der Waals surface area contributed by atoms with Crippen LogP contribution in [-0.4, -0.2) is 13.1 Å². The van der Waals surface area contributed by atoms with E-state index in [1.165, 1.54) is 37.1 Å². The zero-order valence-electron chi connectivity index (χ0n) is 9.79. The molecule has 1 aromatic rings. The molecule has 0 saturated carbocycles. The summed E-state index contributed by atoms with van der Waals surface area (Å²) in [6.07, 6.45) is 2.59. The van der Waals surface area contributed by atoms with Gasteiger partial charge in [-0.1, -0.05) is 38.1 Å². The van der Waals surface area contributed by atoms with E-state index in [0.717, 1.165) is 5.92 Å². The van der Waals surface area contributed by atoms with Gasteiger partial charge in [0.2, 0.25) is 0 Å². The average molecular weight is 203 g/mol. The van der Waals surface area contributed by atoms with Crippen molar-refractivity contribution in [1.82, 2.24) is 5.32 Å². The van der Waals surface area contributed by atoms with Crippen molar-refractivity contribution in [3.63, 3.8) is 0 Å². The molecule has 0 bridgehead atoms. The van der Waals surface area contributed by atoms with Crippen LogP contribution in [0.5, 0.6) is 0 Å². The molecule has 1 nitrogen and oxygen atoms in total. The largest absolute Gasteiger partial charge is 0.317 e. The van der Waals surface area contributed by atoms with Gasteiger partial charge in [-0.2, -0.15) is 0 Å². The Labute approximate surface area is 92.9 Å². The molecule has 1 aliphatic heterocycles. The zero-order chi connectivity index (χ0) is 10.7. The molecule has 0 amide bonds. The molecule has 0 aromatic heterocycles. The van der Waals surface area contributed by atoms with E-state index >= 15 is 0 Å². The fourth-order valence-electron chi connectivity index (χ4n) is 2.31. The minimum Gasteiger partial charge on any atom is -0.317 e. The van der Waals surface area contributed by atoms with Crippen LogP contribution in [0.3, 0.4) is 0 Å². The van der Waals surface area contributed by atoms with Crippen LogP contribution in [0.25, 0.3) is 0 Å². The van der Waals surface area contributed by atoms with Crippen molar-refractivity contribution < 1.29 is 0 Å². The molecule has 1 heteroatoms. The lowest BCUT2D eigenvalue weighted by molar-refractivity contribution is 0.460. The van der Waals surface area contributed by atoms with Crippen molar-refractivity contribution in [2.24, 2.45) is 0 Å². The highest BCUT2D eigenvalue weighted by Gasteiger charge is 2.14. The third-order valence-electron chi connectivity index (χ3n) is 3.41. The molecule has 0 spiro atoms. The van der Waals surface area contributed by atoms with Crippen molar-refractivity contribution in [2.45, 2.75) is 38.5 Å². The minimum absolute atomic E-state index is 0.645. The summed E-state index contributed by atoms with van der Waals surface area (Å²) in [6.45, 7) is 6.85. The maximum Gasteiger partial charge on any atom is -0.00431 e. The van der Waals surface area contributed by atoms with E-state index in [0.29, 0.717) is 5.92 Å². The highest BCUT2D eigenvalue weighted by atomic mass is 14.9. The topological polar surface area (TPSA) is 12.0 Å². The van der Waals surface area contributed by atoms with Crippen LogP contribution in [-0.2, 0) is 0 Å². The van der Waals surface area contributed by atoms with Crippen LogP contribution in [0.15, 0.2) is 24.3 Å². The summed E-state index contributed by atoms with van der Waals surface area (Å²) in [4.78, 5) is 0. The summed E-state index contributed by atoms with van der Waals surface area (Å²) in [6, 6.07) is 9.24. The van der Waals surface area contributed by atoms with Crippen molar-refractivity contribution in [3.05, 3.63) is 35.4 Å². The standard InChI is InChI=1S/C14H21N/c1-11(2)12-3-5-13(6-4-12)14-7-9-15-10-8-14/h3-6,11,14-15H,7-10H2,1-2H3. The first-order valence-electron chi connectivity index (χ1n) is 6.08. The van der Waals surface area contributed by atoms with E-state index in [1.807, 2.05) is 0 Å². The predicted octanol–water partition coefficient (Wildman–Crippen LogP) is 3.28. The number of piperidine rings is 1. The highest BCUT2D eigenvalue weighted by molar-refractivity contribution is 5.27. The Morgan fingerprint density at radius 2 is 1.67 bits per heavy atom. The second kappa shape index (κ2) is 4.80. The van der Waals surface area contributed by atoms with Crippen LogP contribution >= 0.6 is 0 Å². The molecule has 1 aromatic carbocycles. The molecule has 0 atom stereocenters. The van der Waals surface area contributed by atoms with E-state index in [2.05, 4.69) is 43.4 Å². The number of rotatable bonds is 2. The number of benzene rings is 1. The molecule has 15 heavy (non-hydrogen) atoms. The van der Waals surface area contributed by atoms with Gasteiger partial charge in [0.25, 0.3) is 0 Å². The van der Waals surface area contributed by atoms with E-state index in [9.17, 15) is 0 Å². The first kappa shape index (κ1) is 10.7. The molecule has 1 N–H and O–H groups in total. The quantitative estimate of drug-likeness (QED) is 0.778. The van der Waals surface area contributed by atoms with Crippen LogP contribution < -0.4 is 5.32 Å². The summed E-state index contributed by atoms with van der Waals surface area (Å²) < 4.78 is 0. The Kier molecular flexibility index (Phi) is 3.42. The van der Waals surface area contributed by atoms with Crippen LogP contribution in [0, 0.1) is 0 Å². The molecule has 1 saturated heterocycles. The van der Waals surface area contributed by atoms with E-state index in [-0.39, 0.29) is 0 Å². The van der Waals surface area contributed by atoms with Gasteiger partial charge in [-0.05, 0) is 48.9 Å². The Balaban J connectivity index is 2.08. The summed E-state index contributed by atoms with van der Waals surface area (Å²) in [7, 11) is 0. The third kappa shape index (κ3) is 2.60. The third-order valence-corrected chi connectivity index (χ3v) is 3.41. The molecule has 1 heterocycles. The van der Waals surface area contributed by atoms with Crippen molar-refractivity contribution in [3.8, 4) is 0 Å². The Bertz CT molecular complexity index is 294. The van der Waals surface area contributed by atoms with Crippen molar-refractivity contribution >= 4 is 0 Å². The number of nitrogens with one attached hydrogen (secondary N) is 1. The summed E-state index contributed by atoms with van der Waals surface area (Å²) >= 11 is 0. The molecule has 0 aliphatic carbocycles. The maximum absolute atomic E-state index is 3.41. The van der Waals surface area contributed by atoms with Crippen molar-refractivity contribution in [2.75, 3.05) is 13.1 Å². The van der Waals surface area contributed by atoms with Gasteiger partial charge >= 0.3 is 0 Å². The lowest BCUT2D eigenvalue weighted by Gasteiger charge is -2.23. The molecule has 82 valence electrons. The molecule has 1 fully saturated rings. The van der Waals surface area contributed by atoms with E-state index < -0.39 is 0 Å². The number of hydrogen-bond donors (Lipinski definition) is 1. The summed E-state index contributed by atoms with van der Waals surface area (Å²) in [5, 5.41) is 3.41. The Morgan fingerprint density at radius 1 is 1.07 bits per heavy atom. The molecule has 1 aliphatic rings. The average Bonchev–Trinajstić information content (AvgIpc) is 2.30. The maximum atomic E-state index is 3.41. The molecule has 2 rings (SSSR count). The van der Waals surface area contributed by atoms with Gasteiger partial charge in [0.15, 0.2) is 0 Å². The van der Waals surface area contributed by atoms with Crippen LogP contribution in [0.1, 0.15) is 49.7 Å². The molecule has 0 radical (unpaired) electrons. The van der Waals surface area contributed by atoms with Crippen LogP contribution in [0.4, 0.5) is 0 Å². The van der Waals surface area contributed by atoms with Crippen LogP contribution in [0.2, 0.25) is 0 Å². The second-order valence-corrected chi connectivity index (χ2v) is 4.85. The van der Waals surface area contributed by atoms with Gasteiger partial charge in [-0.3, -0.25) is 0 Å². The fourth-order valence-corrected chi connectivity index (χ4v) is 2.31. The van der Waals surface area contributed by atoms with Gasteiger partial charge in [-0.15, -0.1) is 0 Å². The molecule has 0 unspecified atom stereocenters. The second-order valence-electron chi connectivity index (χ2n) is 4.85. The Hall–Kier alpha value is -0.820. The lowest BCUT2D eigenvalue weighted by atomic mass is 9.89. The van der Waals surface area contributed by atoms with Crippen molar-refractivity contribution in [1.29, 1.82) is 0 Å². The van der Waals surface area contributed by atoms with Gasteiger partial charge in [-0.25, -0.2) is 0 Å². The highest BCUT2D eigenvalue weighted by Crippen LogP contribution is 2.26. The summed E-state index contributed by atoms with van der Waals surface area (Å²) in [5.41, 5.74) is 2.98. The number of hydrogen-bond acceptors (Lipinski definition) is 1. The SMILES string of the molecule is CC(C)c1ccc(C2CCNCC2)cc1. The molecular weight excluding hydrogens is 182 g/mol. The van der Waals surface area contributed by atoms with Gasteiger partial charge in [0.1, 0.15) is 0 Å². The normalized spacial score (nSPS) is 18.3. The van der Waals surface area contributed by atoms with Gasteiger partial charge in [0, 0.05) is 0 Å². The Morgan fingerprint density at radius 3 is 2.20 bits per heavy atom. The monoisotopic (exact) mass is 203 g/mol. The van der Waals surface area contributed by atoms with Gasteiger partial charge < -0.3 is 5.32 Å². The lowest BCUT2D eigenvalue weighted by Crippen LogP contribution is -2.26. The minimum atomic E-state index is 0.645. The fraction of sp³-hybridized carbons (Fsp3) is 0.571. The predicted molar refractivity (Wildman–Crippen MR) is 65.4 cm³/mol. The smallest absolute Gasteiger partial charge is 0.00431 e. The van der Waals surface area contributed by atoms with E-state index in [4.69, 9.17) is 0 Å². The van der Waals surface area contributed by atoms with E-state index in [1.54, 1.807) is 0 Å². The first-order chi connectivity index (χ1) is 7.27.